The number of benzene rings is 2. The van der Waals surface area contributed by atoms with E-state index in [0.29, 0.717) is 13.1 Å². The molecule has 2 amide bonds. The van der Waals surface area contributed by atoms with Gasteiger partial charge in [0.25, 0.3) is 0 Å². The zero-order valence-corrected chi connectivity index (χ0v) is 30.7. The second-order valence-corrected chi connectivity index (χ2v) is 13.0. The molecule has 8 atom stereocenters. The number of nitrogens with two attached hydrogens (primary N) is 2. The van der Waals surface area contributed by atoms with Crippen molar-refractivity contribution >= 4 is 35.7 Å². The van der Waals surface area contributed by atoms with Crippen LogP contribution >= 0.6 is 0 Å². The Morgan fingerprint density at radius 2 is 1.09 bits per heavy atom. The summed E-state index contributed by atoms with van der Waals surface area (Å²) in [4.78, 5) is 77.9. The molecular weight excluding hydrogens is 700 g/mol. The van der Waals surface area contributed by atoms with Gasteiger partial charge in [0.1, 0.15) is 23.7 Å². The average molecular weight is 749 g/mol. The second kappa shape index (κ2) is 19.7. The molecular formula is C38H48N6O10. The zero-order valence-electron chi connectivity index (χ0n) is 30.7. The van der Waals surface area contributed by atoms with Gasteiger partial charge in [0, 0.05) is 38.0 Å². The minimum Gasteiger partial charge on any atom is -0.468 e. The van der Waals surface area contributed by atoms with Gasteiger partial charge < -0.3 is 51.7 Å². The van der Waals surface area contributed by atoms with Crippen LogP contribution in [0.2, 0.25) is 0 Å². The molecule has 16 nitrogen and oxygen atoms in total. The number of alkyl carbamates (subject to hydrolysis) is 2. The number of hydrogen-bond acceptors (Lipinski definition) is 14. The summed E-state index contributed by atoms with van der Waals surface area (Å²) < 4.78 is 20.1. The third-order valence-electron chi connectivity index (χ3n) is 9.78. The van der Waals surface area contributed by atoms with E-state index >= 15 is 0 Å². The predicted octanol–water partition coefficient (Wildman–Crippen LogP) is 0.364. The first-order valence-corrected chi connectivity index (χ1v) is 17.5. The van der Waals surface area contributed by atoms with Crippen LogP contribution in [0, 0.1) is 23.7 Å². The smallest absolute Gasteiger partial charge is 0.408 e. The Morgan fingerprint density at radius 3 is 1.44 bits per heavy atom. The molecule has 2 fully saturated rings. The van der Waals surface area contributed by atoms with E-state index in [4.69, 9.17) is 30.4 Å². The van der Waals surface area contributed by atoms with Gasteiger partial charge in [-0.15, -0.1) is 0 Å². The molecule has 0 radical (unpaired) electrons. The summed E-state index contributed by atoms with van der Waals surface area (Å²) in [5.41, 5.74) is 14.7. The maximum Gasteiger partial charge on any atom is 0.408 e. The Balaban J connectivity index is 1.29. The number of carbonyl (C=O) groups excluding carboxylic acids is 6. The largest absolute Gasteiger partial charge is 0.468 e. The van der Waals surface area contributed by atoms with E-state index in [2.05, 4.69) is 33.1 Å². The monoisotopic (exact) mass is 748 g/mol. The second-order valence-electron chi connectivity index (χ2n) is 13.0. The summed E-state index contributed by atoms with van der Waals surface area (Å²) >= 11 is 0. The lowest BCUT2D eigenvalue weighted by Gasteiger charge is -2.25. The molecule has 2 saturated heterocycles. The van der Waals surface area contributed by atoms with E-state index in [1.54, 1.807) is 38.1 Å². The van der Waals surface area contributed by atoms with Gasteiger partial charge in [0.15, 0.2) is 13.2 Å². The third-order valence-corrected chi connectivity index (χ3v) is 9.78. The minimum absolute atomic E-state index is 0.110. The molecule has 2 aromatic rings. The fraction of sp³-hybridized carbons (Fsp3) is 0.474. The zero-order chi connectivity index (χ0) is 39.4. The van der Waals surface area contributed by atoms with Gasteiger partial charge in [-0.2, -0.15) is 0 Å². The molecule has 2 heterocycles. The summed E-state index contributed by atoms with van der Waals surface area (Å²) in [5, 5.41) is 11.2. The van der Waals surface area contributed by atoms with Crippen LogP contribution in [0.4, 0.5) is 9.59 Å². The number of Topliss-reactive ketones (excluding diaryl/α,β-unsaturated/α-hetero) is 2. The third kappa shape index (κ3) is 10.2. The number of carbonyl (C=O) groups is 6. The molecule has 8 unspecified atom stereocenters. The van der Waals surface area contributed by atoms with E-state index in [0.717, 1.165) is 22.3 Å². The van der Waals surface area contributed by atoms with Crippen molar-refractivity contribution in [1.82, 2.24) is 21.3 Å². The number of rotatable bonds is 14. The molecule has 0 aliphatic carbocycles. The molecule has 0 saturated carbocycles. The van der Waals surface area contributed by atoms with Crippen molar-refractivity contribution in [3.05, 3.63) is 70.8 Å². The highest BCUT2D eigenvalue weighted by Gasteiger charge is 2.48. The van der Waals surface area contributed by atoms with Gasteiger partial charge in [-0.25, -0.2) is 9.59 Å². The van der Waals surface area contributed by atoms with Gasteiger partial charge in [-0.3, -0.25) is 19.2 Å². The number of esters is 2. The van der Waals surface area contributed by atoms with Gasteiger partial charge in [0.2, 0.25) is 0 Å². The van der Waals surface area contributed by atoms with Crippen LogP contribution in [0.3, 0.4) is 0 Å². The first kappa shape index (κ1) is 41.4. The predicted molar refractivity (Wildman–Crippen MR) is 194 cm³/mol. The van der Waals surface area contributed by atoms with Gasteiger partial charge in [0.05, 0.1) is 38.1 Å². The van der Waals surface area contributed by atoms with Crippen molar-refractivity contribution in [2.45, 2.75) is 62.9 Å². The van der Waals surface area contributed by atoms with Crippen molar-refractivity contribution in [3.8, 4) is 11.8 Å². The lowest BCUT2D eigenvalue weighted by atomic mass is 9.82. The molecule has 2 aliphatic rings. The van der Waals surface area contributed by atoms with Gasteiger partial charge >= 0.3 is 24.1 Å². The Bertz CT molecular complexity index is 1640. The lowest BCUT2D eigenvalue weighted by Crippen LogP contribution is -2.48. The molecule has 0 aromatic heterocycles. The fourth-order valence-electron chi connectivity index (χ4n) is 6.78. The van der Waals surface area contributed by atoms with Crippen LogP contribution in [0.25, 0.3) is 0 Å². The van der Waals surface area contributed by atoms with E-state index < -0.39 is 72.0 Å². The Labute approximate surface area is 313 Å². The summed E-state index contributed by atoms with van der Waals surface area (Å²) in [6.07, 6.45) is -1.74. The van der Waals surface area contributed by atoms with Crippen molar-refractivity contribution in [2.24, 2.45) is 23.3 Å². The van der Waals surface area contributed by atoms with Crippen LogP contribution in [0.5, 0.6) is 0 Å². The Kier molecular flexibility index (Phi) is 15.1. The van der Waals surface area contributed by atoms with Crippen molar-refractivity contribution in [2.75, 3.05) is 40.5 Å². The number of nitrogens with one attached hydrogen (secondary N) is 4. The first-order valence-electron chi connectivity index (χ1n) is 17.5. The van der Waals surface area contributed by atoms with E-state index in [9.17, 15) is 28.8 Å². The Morgan fingerprint density at radius 1 is 0.704 bits per heavy atom. The molecule has 2 aliphatic heterocycles. The number of ether oxygens (including phenoxy) is 4. The van der Waals surface area contributed by atoms with Crippen LogP contribution in [-0.2, 0) is 51.2 Å². The molecule has 290 valence electrons. The number of amides is 2. The molecule has 2 aromatic carbocycles. The highest BCUT2D eigenvalue weighted by atomic mass is 16.6. The van der Waals surface area contributed by atoms with E-state index in [-0.39, 0.29) is 37.9 Å². The quantitative estimate of drug-likeness (QED) is 0.0870. The summed E-state index contributed by atoms with van der Waals surface area (Å²) in [7, 11) is 2.44. The molecule has 0 spiro atoms. The Hall–Kier alpha value is -5.34. The van der Waals surface area contributed by atoms with Crippen LogP contribution in [-0.4, -0.2) is 100 Å². The number of ketones is 2. The SMILES string of the molecule is COC(=O)C1NCC(NC(=O)OCC#CCOC(=O)NC2CNC(C(=O)OC)C2C(=O)C(C)c2cccc(CN)c2)C1C(=O)C(C)c1cccc(CN)c1. The first-order chi connectivity index (χ1) is 25.9. The number of hydrogen-bond donors (Lipinski definition) is 6. The standard InChI is InChI=1S/C38H48N6O10/c1-21(25-11-7-9-23(15-25)17-39)33(45)29-27(19-41-31(29)35(47)51-3)43-37(49)53-13-5-6-14-54-38(50)44-28-20-42-32(36(48)52-4)30(28)34(46)22(2)26-12-8-10-24(16-26)18-40/h7-12,15-16,21-22,27-32,41-42H,13-14,17-20,39-40H2,1-4H3,(H,43,49)(H,44,50). The average Bonchev–Trinajstić information content (AvgIpc) is 3.81. The van der Waals surface area contributed by atoms with Crippen molar-refractivity contribution in [1.29, 1.82) is 0 Å². The molecule has 54 heavy (non-hydrogen) atoms. The summed E-state index contributed by atoms with van der Waals surface area (Å²) in [6, 6.07) is 11.0. The van der Waals surface area contributed by atoms with E-state index in [1.165, 1.54) is 14.2 Å². The summed E-state index contributed by atoms with van der Waals surface area (Å²) in [5.74, 6) is 0.205. The minimum atomic E-state index is -0.979. The van der Waals surface area contributed by atoms with Gasteiger partial charge in [-0.05, 0) is 22.3 Å². The molecule has 16 heteroatoms. The lowest BCUT2D eigenvalue weighted by molar-refractivity contribution is -0.146. The van der Waals surface area contributed by atoms with Crippen LogP contribution in [0.15, 0.2) is 48.5 Å². The maximum absolute atomic E-state index is 13.7. The molecule has 4 rings (SSSR count). The van der Waals surface area contributed by atoms with Crippen molar-refractivity contribution < 1.29 is 47.7 Å². The van der Waals surface area contributed by atoms with Crippen LogP contribution < -0.4 is 32.7 Å². The fourth-order valence-corrected chi connectivity index (χ4v) is 6.78. The topological polar surface area (TPSA) is 240 Å². The van der Waals surface area contributed by atoms with Gasteiger partial charge in [-0.1, -0.05) is 74.2 Å². The normalized spacial score (nSPS) is 22.8. The molecule has 8 N–H and O–H groups in total. The van der Waals surface area contributed by atoms with Crippen LogP contribution in [0.1, 0.15) is 47.9 Å². The number of methoxy groups -OCH3 is 2. The maximum atomic E-state index is 13.7. The summed E-state index contributed by atoms with van der Waals surface area (Å²) in [6.45, 7) is 3.53. The van der Waals surface area contributed by atoms with E-state index in [1.807, 2.05) is 24.3 Å². The highest BCUT2D eigenvalue weighted by Crippen LogP contribution is 2.29. The molecule has 0 bridgehead atoms. The highest BCUT2D eigenvalue weighted by molar-refractivity contribution is 5.95. The van der Waals surface area contributed by atoms with Crippen molar-refractivity contribution in [3.63, 3.8) is 0 Å².